The van der Waals surface area contributed by atoms with Gasteiger partial charge in [0.05, 0.1) is 28.5 Å². The summed E-state index contributed by atoms with van der Waals surface area (Å²) >= 11 is 0. The number of nitrogens with two attached hydrogens (primary N) is 1. The van der Waals surface area contributed by atoms with Gasteiger partial charge in [0.15, 0.2) is 0 Å². The lowest BCUT2D eigenvalue weighted by Gasteiger charge is -2.17. The number of amides is 2. The van der Waals surface area contributed by atoms with Gasteiger partial charge in [0.1, 0.15) is 17.0 Å². The van der Waals surface area contributed by atoms with Crippen molar-refractivity contribution in [3.63, 3.8) is 0 Å². The first-order valence-electron chi connectivity index (χ1n) is 10.4. The van der Waals surface area contributed by atoms with Crippen molar-refractivity contribution in [1.29, 1.82) is 0 Å². The molecule has 35 heavy (non-hydrogen) atoms. The topological polar surface area (TPSA) is 102 Å². The van der Waals surface area contributed by atoms with Gasteiger partial charge in [-0.3, -0.25) is 9.36 Å². The zero-order valence-electron chi connectivity index (χ0n) is 18.2. The molecule has 0 bridgehead atoms. The molecule has 1 aromatic heterocycles. The van der Waals surface area contributed by atoms with Gasteiger partial charge in [-0.15, -0.1) is 0 Å². The van der Waals surface area contributed by atoms with E-state index in [9.17, 15) is 27.2 Å². The molecule has 0 saturated heterocycles. The van der Waals surface area contributed by atoms with Crippen molar-refractivity contribution in [3.05, 3.63) is 94.3 Å². The van der Waals surface area contributed by atoms with E-state index in [0.29, 0.717) is 0 Å². The number of aromatic nitrogens is 2. The van der Waals surface area contributed by atoms with Crippen molar-refractivity contribution in [1.82, 2.24) is 9.55 Å². The van der Waals surface area contributed by atoms with Gasteiger partial charge in [-0.1, -0.05) is 24.3 Å². The van der Waals surface area contributed by atoms with Crippen LogP contribution in [0.1, 0.15) is 24.4 Å². The lowest BCUT2D eigenvalue weighted by molar-refractivity contribution is -0.136. The Morgan fingerprint density at radius 3 is 2.46 bits per heavy atom. The van der Waals surface area contributed by atoms with Crippen LogP contribution in [0.4, 0.5) is 33.7 Å². The maximum Gasteiger partial charge on any atom is 0.418 e. The zero-order chi connectivity index (χ0) is 25.3. The number of hydrogen-bond acceptors (Lipinski definition) is 4. The first-order valence-corrected chi connectivity index (χ1v) is 10.4. The molecule has 7 nitrogen and oxygen atoms in total. The highest BCUT2D eigenvalue weighted by Crippen LogP contribution is 2.34. The van der Waals surface area contributed by atoms with Crippen molar-refractivity contribution >= 4 is 28.3 Å². The number of halogens is 4. The highest BCUT2D eigenvalue weighted by Gasteiger charge is 2.33. The van der Waals surface area contributed by atoms with Crippen LogP contribution in [0.3, 0.4) is 0 Å². The van der Waals surface area contributed by atoms with Crippen LogP contribution in [0.15, 0.2) is 71.5 Å². The third-order valence-corrected chi connectivity index (χ3v) is 5.12. The first-order chi connectivity index (χ1) is 16.6. The predicted molar refractivity (Wildman–Crippen MR) is 124 cm³/mol. The number of benzene rings is 3. The van der Waals surface area contributed by atoms with E-state index < -0.39 is 40.9 Å². The molecule has 1 atom stereocenters. The van der Waals surface area contributed by atoms with E-state index in [0.717, 1.165) is 22.8 Å². The monoisotopic (exact) mass is 485 g/mol. The Morgan fingerprint density at radius 2 is 1.74 bits per heavy atom. The molecular weight excluding hydrogens is 466 g/mol. The number of nitrogens with zero attached hydrogens (tertiary/aromatic N) is 2. The molecule has 0 aliphatic heterocycles. The molecule has 4 rings (SSSR count). The number of carbonyl (C=O) groups is 1. The minimum atomic E-state index is -4.65. The summed E-state index contributed by atoms with van der Waals surface area (Å²) in [5, 5.41) is 4.39. The number of nitrogens with one attached hydrogen (secondary N) is 2. The third-order valence-electron chi connectivity index (χ3n) is 5.12. The van der Waals surface area contributed by atoms with E-state index in [-0.39, 0.29) is 28.1 Å². The Kier molecular flexibility index (Phi) is 6.27. The van der Waals surface area contributed by atoms with E-state index in [1.54, 1.807) is 6.92 Å². The van der Waals surface area contributed by atoms with Gasteiger partial charge >= 0.3 is 12.2 Å². The van der Waals surface area contributed by atoms with Crippen molar-refractivity contribution in [3.8, 4) is 5.69 Å². The Labute approximate surface area is 196 Å². The van der Waals surface area contributed by atoms with Gasteiger partial charge in [0, 0.05) is 5.69 Å². The summed E-state index contributed by atoms with van der Waals surface area (Å²) in [6.07, 6.45) is -4.65. The van der Waals surface area contributed by atoms with E-state index in [2.05, 4.69) is 15.6 Å². The number of para-hydroxylation sites is 1. The molecule has 0 saturated carbocycles. The average molecular weight is 485 g/mol. The summed E-state index contributed by atoms with van der Waals surface area (Å²) in [5.41, 5.74) is 4.45. The number of alkyl halides is 3. The molecule has 0 aliphatic carbocycles. The smallest absolute Gasteiger partial charge is 0.322 e. The second-order valence-electron chi connectivity index (χ2n) is 7.71. The summed E-state index contributed by atoms with van der Waals surface area (Å²) in [7, 11) is 0. The lowest BCUT2D eigenvalue weighted by Crippen LogP contribution is -2.28. The first kappa shape index (κ1) is 23.9. The van der Waals surface area contributed by atoms with Gasteiger partial charge < -0.3 is 16.4 Å². The fourth-order valence-electron chi connectivity index (χ4n) is 3.61. The van der Waals surface area contributed by atoms with Crippen molar-refractivity contribution in [2.45, 2.75) is 19.1 Å². The molecule has 0 aliphatic rings. The van der Waals surface area contributed by atoms with Gasteiger partial charge in [-0.25, -0.2) is 14.2 Å². The van der Waals surface area contributed by atoms with Crippen LogP contribution in [0.25, 0.3) is 16.6 Å². The molecule has 2 amide bonds. The SMILES string of the molecule is C[C@H](N)c1nc2cccc(F)c2c(=O)n1-c1cccc(NC(=O)Nc2ccccc2C(F)(F)F)c1. The maximum absolute atomic E-state index is 14.4. The Balaban J connectivity index is 1.70. The fourth-order valence-corrected chi connectivity index (χ4v) is 3.61. The van der Waals surface area contributed by atoms with Crippen molar-refractivity contribution in [2.75, 3.05) is 10.6 Å². The Morgan fingerprint density at radius 1 is 1.03 bits per heavy atom. The zero-order valence-corrected chi connectivity index (χ0v) is 18.2. The number of fused-ring (bicyclic) bond motifs is 1. The second-order valence-corrected chi connectivity index (χ2v) is 7.71. The van der Waals surface area contributed by atoms with Crippen molar-refractivity contribution < 1.29 is 22.4 Å². The highest BCUT2D eigenvalue weighted by atomic mass is 19.4. The molecule has 1 heterocycles. The molecule has 11 heteroatoms. The summed E-state index contributed by atoms with van der Waals surface area (Å²) < 4.78 is 55.2. The van der Waals surface area contributed by atoms with Gasteiger partial charge in [-0.05, 0) is 49.4 Å². The number of anilines is 2. The Bertz CT molecular complexity index is 1480. The standard InChI is InChI=1S/C24H19F4N5O2/c1-13(29)21-31-19-11-5-9-17(25)20(19)22(34)33(21)15-7-4-6-14(12-15)30-23(35)32-18-10-3-2-8-16(18)24(26,27)28/h2-13H,29H2,1H3,(H2,30,32,35)/t13-/m0/s1. The molecule has 180 valence electrons. The largest absolute Gasteiger partial charge is 0.418 e. The van der Waals surface area contributed by atoms with E-state index in [4.69, 9.17) is 5.73 Å². The van der Waals surface area contributed by atoms with Crippen LogP contribution >= 0.6 is 0 Å². The van der Waals surface area contributed by atoms with Crippen LogP contribution in [0.5, 0.6) is 0 Å². The van der Waals surface area contributed by atoms with Crippen LogP contribution < -0.4 is 21.9 Å². The van der Waals surface area contributed by atoms with Crippen LogP contribution in [0, 0.1) is 5.82 Å². The number of urea groups is 1. The molecule has 0 radical (unpaired) electrons. The van der Waals surface area contributed by atoms with Crippen molar-refractivity contribution in [2.24, 2.45) is 5.73 Å². The maximum atomic E-state index is 14.4. The highest BCUT2D eigenvalue weighted by molar-refractivity contribution is 6.00. The second kappa shape index (κ2) is 9.18. The lowest BCUT2D eigenvalue weighted by atomic mass is 10.1. The van der Waals surface area contributed by atoms with E-state index >= 15 is 0 Å². The van der Waals surface area contributed by atoms with E-state index in [1.807, 2.05) is 0 Å². The number of hydrogen-bond donors (Lipinski definition) is 3. The molecule has 3 aromatic carbocycles. The normalized spacial score (nSPS) is 12.4. The quantitative estimate of drug-likeness (QED) is 0.346. The minimum Gasteiger partial charge on any atom is -0.322 e. The number of rotatable bonds is 4. The predicted octanol–water partition coefficient (Wildman–Crippen LogP) is 5.21. The summed E-state index contributed by atoms with van der Waals surface area (Å²) in [5.74, 6) is -0.587. The summed E-state index contributed by atoms with van der Waals surface area (Å²) in [6, 6.07) is 12.9. The molecule has 0 fully saturated rings. The number of carbonyl (C=O) groups excluding carboxylic acids is 1. The Hall–Kier alpha value is -4.25. The van der Waals surface area contributed by atoms with Gasteiger partial charge in [0.25, 0.3) is 5.56 Å². The third kappa shape index (κ3) is 4.85. The van der Waals surface area contributed by atoms with Gasteiger partial charge in [0.2, 0.25) is 0 Å². The summed E-state index contributed by atoms with van der Waals surface area (Å²) in [6.45, 7) is 1.61. The average Bonchev–Trinajstić information content (AvgIpc) is 2.78. The molecular formula is C24H19F4N5O2. The molecule has 0 unspecified atom stereocenters. The van der Waals surface area contributed by atoms with Gasteiger partial charge in [-0.2, -0.15) is 13.2 Å². The molecule has 0 spiro atoms. The van der Waals surface area contributed by atoms with Crippen LogP contribution in [0.2, 0.25) is 0 Å². The fraction of sp³-hybridized carbons (Fsp3) is 0.125. The summed E-state index contributed by atoms with van der Waals surface area (Å²) in [4.78, 5) is 30.0. The minimum absolute atomic E-state index is 0.149. The van der Waals surface area contributed by atoms with Crippen LogP contribution in [-0.2, 0) is 6.18 Å². The van der Waals surface area contributed by atoms with Crippen LogP contribution in [-0.4, -0.2) is 15.6 Å². The van der Waals surface area contributed by atoms with E-state index in [1.165, 1.54) is 48.5 Å². The molecule has 4 N–H and O–H groups in total. The molecule has 4 aromatic rings.